The molecule has 0 aliphatic carbocycles. The molecule has 0 aromatic carbocycles. The molecule has 0 fully saturated rings. The number of carbonyl (C=O) groups is 1. The standard InChI is InChI=1S/C10H12N4OS/c1-7-9(16-8(2)13-7)5-12-10(15)14-4-3-11-6-14/h3-4,6H,5H2,1-2H3,(H,12,15). The van der Waals surface area contributed by atoms with E-state index in [9.17, 15) is 4.79 Å². The monoisotopic (exact) mass is 236 g/mol. The van der Waals surface area contributed by atoms with E-state index in [1.165, 1.54) is 10.9 Å². The number of aromatic nitrogens is 3. The summed E-state index contributed by atoms with van der Waals surface area (Å²) < 4.78 is 1.41. The molecule has 1 N–H and O–H groups in total. The Morgan fingerprint density at radius 1 is 1.56 bits per heavy atom. The lowest BCUT2D eigenvalue weighted by atomic mass is 10.4. The van der Waals surface area contributed by atoms with E-state index >= 15 is 0 Å². The summed E-state index contributed by atoms with van der Waals surface area (Å²) in [6, 6.07) is -0.178. The lowest BCUT2D eigenvalue weighted by molar-refractivity contribution is 0.242. The number of rotatable bonds is 2. The zero-order chi connectivity index (χ0) is 11.5. The van der Waals surface area contributed by atoms with Gasteiger partial charge in [-0.05, 0) is 13.8 Å². The molecular formula is C10H12N4OS. The van der Waals surface area contributed by atoms with Crippen molar-refractivity contribution < 1.29 is 4.79 Å². The van der Waals surface area contributed by atoms with Crippen LogP contribution in [0.25, 0.3) is 0 Å². The number of imidazole rings is 1. The highest BCUT2D eigenvalue weighted by molar-refractivity contribution is 7.11. The van der Waals surface area contributed by atoms with Crippen molar-refractivity contribution in [2.75, 3.05) is 0 Å². The number of thiazole rings is 1. The number of carbonyl (C=O) groups excluding carboxylic acids is 1. The molecule has 0 saturated carbocycles. The smallest absolute Gasteiger partial charge is 0.327 e. The molecule has 0 unspecified atom stereocenters. The fraction of sp³-hybridized carbons (Fsp3) is 0.300. The number of aryl methyl sites for hydroxylation is 2. The van der Waals surface area contributed by atoms with Gasteiger partial charge in [-0.15, -0.1) is 11.3 Å². The minimum absolute atomic E-state index is 0.178. The lowest BCUT2D eigenvalue weighted by Gasteiger charge is -2.03. The van der Waals surface area contributed by atoms with Crippen molar-refractivity contribution >= 4 is 17.4 Å². The predicted molar refractivity (Wildman–Crippen MR) is 61.4 cm³/mol. The Kier molecular flexibility index (Phi) is 3.00. The maximum atomic E-state index is 11.6. The molecule has 16 heavy (non-hydrogen) atoms. The molecule has 84 valence electrons. The summed E-state index contributed by atoms with van der Waals surface area (Å²) in [6.07, 6.45) is 4.65. The van der Waals surface area contributed by atoms with Crippen molar-refractivity contribution in [3.63, 3.8) is 0 Å². The molecular weight excluding hydrogens is 224 g/mol. The third-order valence-corrected chi connectivity index (χ3v) is 3.21. The number of nitrogens with one attached hydrogen (secondary N) is 1. The molecule has 0 saturated heterocycles. The van der Waals surface area contributed by atoms with Gasteiger partial charge < -0.3 is 5.32 Å². The van der Waals surface area contributed by atoms with Gasteiger partial charge in [0.15, 0.2) is 0 Å². The van der Waals surface area contributed by atoms with Crippen molar-refractivity contribution in [2.45, 2.75) is 20.4 Å². The first-order valence-corrected chi connectivity index (χ1v) is 5.67. The highest BCUT2D eigenvalue weighted by Crippen LogP contribution is 2.16. The molecule has 0 atom stereocenters. The highest BCUT2D eigenvalue weighted by atomic mass is 32.1. The average molecular weight is 236 g/mol. The normalized spacial score (nSPS) is 10.4. The van der Waals surface area contributed by atoms with Crippen molar-refractivity contribution in [2.24, 2.45) is 0 Å². The third-order valence-electron chi connectivity index (χ3n) is 2.14. The van der Waals surface area contributed by atoms with Crippen molar-refractivity contribution in [1.29, 1.82) is 0 Å². The van der Waals surface area contributed by atoms with Crippen LogP contribution in [0.15, 0.2) is 18.7 Å². The Morgan fingerprint density at radius 3 is 2.94 bits per heavy atom. The van der Waals surface area contributed by atoms with Gasteiger partial charge >= 0.3 is 6.03 Å². The Labute approximate surface area is 97.2 Å². The summed E-state index contributed by atoms with van der Waals surface area (Å²) in [5.41, 5.74) is 0.980. The molecule has 0 bridgehead atoms. The van der Waals surface area contributed by atoms with Crippen LogP contribution < -0.4 is 5.32 Å². The largest absolute Gasteiger partial charge is 0.332 e. The first-order chi connectivity index (χ1) is 7.66. The van der Waals surface area contributed by atoms with E-state index in [1.54, 1.807) is 23.7 Å². The Hall–Kier alpha value is -1.69. The van der Waals surface area contributed by atoms with E-state index in [-0.39, 0.29) is 6.03 Å². The van der Waals surface area contributed by atoms with Crippen LogP contribution in [0.5, 0.6) is 0 Å². The second-order valence-corrected chi connectivity index (χ2v) is 4.66. The van der Waals surface area contributed by atoms with Gasteiger partial charge in [0.25, 0.3) is 0 Å². The zero-order valence-corrected chi connectivity index (χ0v) is 9.91. The first kappa shape index (κ1) is 10.8. The molecule has 0 aliphatic heterocycles. The van der Waals surface area contributed by atoms with Crippen molar-refractivity contribution in [3.05, 3.63) is 34.3 Å². The molecule has 0 aliphatic rings. The van der Waals surface area contributed by atoms with E-state index in [2.05, 4.69) is 15.3 Å². The van der Waals surface area contributed by atoms with Gasteiger partial charge in [0.2, 0.25) is 0 Å². The van der Waals surface area contributed by atoms with Crippen LogP contribution in [0.2, 0.25) is 0 Å². The molecule has 5 nitrogen and oxygen atoms in total. The van der Waals surface area contributed by atoms with Crippen LogP contribution in [0.4, 0.5) is 4.79 Å². The second kappa shape index (κ2) is 4.44. The minimum atomic E-state index is -0.178. The van der Waals surface area contributed by atoms with Gasteiger partial charge in [0, 0.05) is 17.3 Å². The number of amides is 1. The van der Waals surface area contributed by atoms with E-state index in [1.807, 2.05) is 13.8 Å². The first-order valence-electron chi connectivity index (χ1n) is 4.86. The quantitative estimate of drug-likeness (QED) is 0.863. The zero-order valence-electron chi connectivity index (χ0n) is 9.10. The Bertz CT molecular complexity index is 489. The van der Waals surface area contributed by atoms with Crippen LogP contribution in [0.3, 0.4) is 0 Å². The van der Waals surface area contributed by atoms with Gasteiger partial charge in [-0.2, -0.15) is 0 Å². The van der Waals surface area contributed by atoms with Gasteiger partial charge in [-0.25, -0.2) is 14.8 Å². The fourth-order valence-corrected chi connectivity index (χ4v) is 2.24. The summed E-state index contributed by atoms with van der Waals surface area (Å²) in [5.74, 6) is 0. The molecule has 6 heteroatoms. The van der Waals surface area contributed by atoms with Crippen LogP contribution in [0.1, 0.15) is 15.6 Å². The maximum absolute atomic E-state index is 11.6. The van der Waals surface area contributed by atoms with Gasteiger partial charge in [-0.3, -0.25) is 4.57 Å². The minimum Gasteiger partial charge on any atom is -0.332 e. The highest BCUT2D eigenvalue weighted by Gasteiger charge is 2.07. The average Bonchev–Trinajstić information content (AvgIpc) is 2.84. The van der Waals surface area contributed by atoms with Crippen LogP contribution in [-0.2, 0) is 6.54 Å². The summed E-state index contributed by atoms with van der Waals surface area (Å²) in [4.78, 5) is 20.8. The third kappa shape index (κ3) is 2.27. The molecule has 1 amide bonds. The van der Waals surface area contributed by atoms with Crippen molar-refractivity contribution in [3.8, 4) is 0 Å². The molecule has 2 aromatic rings. The fourth-order valence-electron chi connectivity index (χ4n) is 1.36. The van der Waals surface area contributed by atoms with E-state index in [4.69, 9.17) is 0 Å². The SMILES string of the molecule is Cc1nc(C)c(CNC(=O)n2ccnc2)s1. The Balaban J connectivity index is 1.98. The van der Waals surface area contributed by atoms with Crippen LogP contribution in [-0.4, -0.2) is 20.6 Å². The summed E-state index contributed by atoms with van der Waals surface area (Å²) in [5, 5.41) is 3.83. The number of hydrogen-bond acceptors (Lipinski definition) is 4. The molecule has 0 spiro atoms. The number of hydrogen-bond donors (Lipinski definition) is 1. The second-order valence-electron chi connectivity index (χ2n) is 3.37. The molecule has 2 aromatic heterocycles. The molecule has 2 heterocycles. The van der Waals surface area contributed by atoms with E-state index in [0.29, 0.717) is 6.54 Å². The lowest BCUT2D eigenvalue weighted by Crippen LogP contribution is -2.26. The maximum Gasteiger partial charge on any atom is 0.327 e. The summed E-state index contributed by atoms with van der Waals surface area (Å²) in [7, 11) is 0. The molecule has 2 rings (SSSR count). The summed E-state index contributed by atoms with van der Waals surface area (Å²) in [6.45, 7) is 4.41. The topological polar surface area (TPSA) is 59.8 Å². The van der Waals surface area contributed by atoms with E-state index < -0.39 is 0 Å². The Morgan fingerprint density at radius 2 is 2.38 bits per heavy atom. The van der Waals surface area contributed by atoms with E-state index in [0.717, 1.165) is 15.6 Å². The molecule has 0 radical (unpaired) electrons. The van der Waals surface area contributed by atoms with Gasteiger partial charge in [0.1, 0.15) is 6.33 Å². The van der Waals surface area contributed by atoms with Crippen molar-refractivity contribution in [1.82, 2.24) is 19.9 Å². The summed E-state index contributed by atoms with van der Waals surface area (Å²) >= 11 is 1.60. The van der Waals surface area contributed by atoms with Crippen LogP contribution >= 0.6 is 11.3 Å². The number of nitrogens with zero attached hydrogens (tertiary/aromatic N) is 3. The predicted octanol–water partition coefficient (Wildman–Crippen LogP) is 1.71. The van der Waals surface area contributed by atoms with Gasteiger partial charge in [-0.1, -0.05) is 0 Å². The van der Waals surface area contributed by atoms with Gasteiger partial charge in [0.05, 0.1) is 17.2 Å². The van der Waals surface area contributed by atoms with Crippen LogP contribution in [0, 0.1) is 13.8 Å².